The van der Waals surface area contributed by atoms with E-state index in [1.165, 1.54) is 0 Å². The lowest BCUT2D eigenvalue weighted by Gasteiger charge is -2.14. The Morgan fingerprint density at radius 3 is 2.95 bits per heavy atom. The summed E-state index contributed by atoms with van der Waals surface area (Å²) in [4.78, 5) is 9.05. The van der Waals surface area contributed by atoms with Crippen molar-refractivity contribution in [3.8, 4) is 0 Å². The maximum absolute atomic E-state index is 5.83. The zero-order chi connectivity index (χ0) is 13.2. The van der Waals surface area contributed by atoms with Gasteiger partial charge in [0, 0.05) is 5.38 Å². The van der Waals surface area contributed by atoms with E-state index in [0.29, 0.717) is 5.88 Å². The van der Waals surface area contributed by atoms with E-state index in [2.05, 4.69) is 27.5 Å². The molecule has 0 N–H and O–H groups in total. The molecular weight excluding hydrogens is 278 g/mol. The van der Waals surface area contributed by atoms with Crippen molar-refractivity contribution in [2.45, 2.75) is 25.3 Å². The second-order valence-corrected chi connectivity index (χ2v) is 5.53. The molecule has 0 aliphatic rings. The molecule has 19 heavy (non-hydrogen) atoms. The molecule has 0 radical (unpaired) electrons. The van der Waals surface area contributed by atoms with Crippen LogP contribution in [0.5, 0.6) is 0 Å². The Morgan fingerprint density at radius 1 is 1.37 bits per heavy atom. The largest absolute Gasteiger partial charge is 0.321 e. The average Bonchev–Trinajstić information content (AvgIpc) is 3.07. The second kappa shape index (κ2) is 5.31. The van der Waals surface area contributed by atoms with Crippen LogP contribution in [-0.4, -0.2) is 14.5 Å². The molecular formula is C14H14ClN3S. The highest BCUT2D eigenvalue weighted by atomic mass is 35.5. The summed E-state index contributed by atoms with van der Waals surface area (Å²) in [5.41, 5.74) is 3.12. The van der Waals surface area contributed by atoms with Gasteiger partial charge in [-0.3, -0.25) is 0 Å². The number of alkyl halides is 1. The minimum Gasteiger partial charge on any atom is -0.321 e. The summed E-state index contributed by atoms with van der Waals surface area (Å²) >= 11 is 7.50. The van der Waals surface area contributed by atoms with Crippen molar-refractivity contribution in [1.29, 1.82) is 0 Å². The molecule has 0 spiro atoms. The summed E-state index contributed by atoms with van der Waals surface area (Å²) < 4.78 is 2.20. The van der Waals surface area contributed by atoms with Crippen molar-refractivity contribution >= 4 is 34.0 Å². The van der Waals surface area contributed by atoms with E-state index in [0.717, 1.165) is 28.2 Å². The van der Waals surface area contributed by atoms with Gasteiger partial charge >= 0.3 is 0 Å². The Balaban J connectivity index is 2.06. The van der Waals surface area contributed by atoms with E-state index in [1.54, 1.807) is 11.3 Å². The third-order valence-corrected chi connectivity index (χ3v) is 4.46. The van der Waals surface area contributed by atoms with Gasteiger partial charge in [-0.05, 0) is 18.6 Å². The molecule has 98 valence electrons. The molecule has 0 bridgehead atoms. The third kappa shape index (κ3) is 2.26. The lowest BCUT2D eigenvalue weighted by Crippen LogP contribution is -2.08. The van der Waals surface area contributed by atoms with Gasteiger partial charge in [0.2, 0.25) is 0 Å². The predicted molar refractivity (Wildman–Crippen MR) is 79.8 cm³/mol. The van der Waals surface area contributed by atoms with E-state index in [9.17, 15) is 0 Å². The van der Waals surface area contributed by atoms with Gasteiger partial charge in [-0.2, -0.15) is 0 Å². The molecule has 1 atom stereocenters. The highest BCUT2D eigenvalue weighted by Gasteiger charge is 2.17. The smallest absolute Gasteiger partial charge is 0.116 e. The predicted octanol–water partition coefficient (Wildman–Crippen LogP) is 4.23. The highest BCUT2D eigenvalue weighted by molar-refractivity contribution is 7.09. The van der Waals surface area contributed by atoms with E-state index < -0.39 is 0 Å². The number of thiazole rings is 1. The molecule has 2 heterocycles. The molecule has 0 saturated carbocycles. The summed E-state index contributed by atoms with van der Waals surface area (Å²) in [5.74, 6) is 0.470. The van der Waals surface area contributed by atoms with Crippen LogP contribution in [0, 0.1) is 0 Å². The maximum Gasteiger partial charge on any atom is 0.116 e. The van der Waals surface area contributed by atoms with Crippen LogP contribution >= 0.6 is 22.9 Å². The fourth-order valence-corrected chi connectivity index (χ4v) is 3.48. The van der Waals surface area contributed by atoms with Crippen LogP contribution in [0.25, 0.3) is 11.0 Å². The van der Waals surface area contributed by atoms with Crippen LogP contribution in [0.1, 0.15) is 30.1 Å². The van der Waals surface area contributed by atoms with Crippen LogP contribution in [0.3, 0.4) is 0 Å². The van der Waals surface area contributed by atoms with Crippen molar-refractivity contribution in [1.82, 2.24) is 14.5 Å². The van der Waals surface area contributed by atoms with Crippen LogP contribution in [0.15, 0.2) is 36.0 Å². The number of halogens is 1. The standard InChI is InChI=1S/C14H14ClN3S/c1-2-12(14-17-10(7-15)8-19-14)18-9-16-11-5-3-4-6-13(11)18/h3-6,8-9,12H,2,7H2,1H3. The van der Waals surface area contributed by atoms with Gasteiger partial charge in [0.25, 0.3) is 0 Å². The van der Waals surface area contributed by atoms with E-state index in [1.807, 2.05) is 29.9 Å². The maximum atomic E-state index is 5.83. The number of aromatic nitrogens is 3. The van der Waals surface area contributed by atoms with Gasteiger partial charge in [0.15, 0.2) is 0 Å². The molecule has 5 heteroatoms. The van der Waals surface area contributed by atoms with Gasteiger partial charge in [0.05, 0.1) is 35.0 Å². The number of para-hydroxylation sites is 2. The topological polar surface area (TPSA) is 30.7 Å². The number of imidazole rings is 1. The Morgan fingerprint density at radius 2 is 2.21 bits per heavy atom. The summed E-state index contributed by atoms with van der Waals surface area (Å²) in [6.45, 7) is 2.17. The molecule has 3 aromatic rings. The zero-order valence-corrected chi connectivity index (χ0v) is 12.2. The van der Waals surface area contributed by atoms with Crippen molar-refractivity contribution in [3.63, 3.8) is 0 Å². The summed E-state index contributed by atoms with van der Waals surface area (Å²) in [6.07, 6.45) is 2.89. The SMILES string of the molecule is CCC(c1nc(CCl)cs1)n1cnc2ccccc21. The molecule has 2 aromatic heterocycles. The Bertz CT molecular complexity index is 689. The van der Waals surface area contributed by atoms with Crippen molar-refractivity contribution in [3.05, 3.63) is 46.7 Å². The Hall–Kier alpha value is -1.39. The first kappa shape index (κ1) is 12.6. The first-order valence-corrected chi connectivity index (χ1v) is 7.66. The molecule has 1 unspecified atom stereocenters. The Kier molecular flexibility index (Phi) is 3.53. The summed E-state index contributed by atoms with van der Waals surface area (Å²) in [5, 5.41) is 3.13. The number of nitrogens with zero attached hydrogens (tertiary/aromatic N) is 3. The summed E-state index contributed by atoms with van der Waals surface area (Å²) in [7, 11) is 0. The van der Waals surface area contributed by atoms with Gasteiger partial charge in [-0.15, -0.1) is 22.9 Å². The lowest BCUT2D eigenvalue weighted by atomic mass is 10.2. The average molecular weight is 292 g/mol. The number of fused-ring (bicyclic) bond motifs is 1. The lowest BCUT2D eigenvalue weighted by molar-refractivity contribution is 0.577. The highest BCUT2D eigenvalue weighted by Crippen LogP contribution is 2.28. The van der Waals surface area contributed by atoms with Gasteiger partial charge in [-0.25, -0.2) is 9.97 Å². The summed E-state index contributed by atoms with van der Waals surface area (Å²) in [6, 6.07) is 8.41. The first-order chi connectivity index (χ1) is 9.33. The molecule has 3 nitrogen and oxygen atoms in total. The van der Waals surface area contributed by atoms with E-state index in [-0.39, 0.29) is 6.04 Å². The van der Waals surface area contributed by atoms with Gasteiger partial charge in [0.1, 0.15) is 5.01 Å². The Labute approximate surface area is 120 Å². The van der Waals surface area contributed by atoms with Crippen LogP contribution in [0.4, 0.5) is 0 Å². The normalized spacial score (nSPS) is 12.9. The van der Waals surface area contributed by atoms with Gasteiger partial charge < -0.3 is 4.57 Å². The van der Waals surface area contributed by atoms with Crippen molar-refractivity contribution in [2.24, 2.45) is 0 Å². The molecule has 0 amide bonds. The van der Waals surface area contributed by atoms with Crippen LogP contribution in [-0.2, 0) is 5.88 Å². The quantitative estimate of drug-likeness (QED) is 0.674. The van der Waals surface area contributed by atoms with Crippen molar-refractivity contribution < 1.29 is 0 Å². The van der Waals surface area contributed by atoms with Gasteiger partial charge in [-0.1, -0.05) is 19.1 Å². The number of hydrogen-bond donors (Lipinski definition) is 0. The van der Waals surface area contributed by atoms with Crippen LogP contribution < -0.4 is 0 Å². The molecule has 3 rings (SSSR count). The monoisotopic (exact) mass is 291 g/mol. The minimum atomic E-state index is 0.231. The van der Waals surface area contributed by atoms with Crippen molar-refractivity contribution in [2.75, 3.05) is 0 Å². The number of benzene rings is 1. The molecule has 0 aliphatic carbocycles. The second-order valence-electron chi connectivity index (χ2n) is 4.38. The minimum absolute atomic E-state index is 0.231. The van der Waals surface area contributed by atoms with Crippen LogP contribution in [0.2, 0.25) is 0 Å². The molecule has 1 aromatic carbocycles. The van der Waals surface area contributed by atoms with E-state index in [4.69, 9.17) is 11.6 Å². The fraction of sp³-hybridized carbons (Fsp3) is 0.286. The third-order valence-electron chi connectivity index (χ3n) is 3.20. The zero-order valence-electron chi connectivity index (χ0n) is 10.6. The van der Waals surface area contributed by atoms with E-state index >= 15 is 0 Å². The molecule has 0 saturated heterocycles. The fourth-order valence-electron chi connectivity index (χ4n) is 2.25. The number of rotatable bonds is 4. The first-order valence-electron chi connectivity index (χ1n) is 6.25. The molecule has 0 aliphatic heterocycles. The number of hydrogen-bond acceptors (Lipinski definition) is 3. The molecule has 0 fully saturated rings.